The summed E-state index contributed by atoms with van der Waals surface area (Å²) in [7, 11) is 0. The molecule has 0 spiro atoms. The molecule has 1 aliphatic rings. The molecule has 4 nitrogen and oxygen atoms in total. The maximum Gasteiger partial charge on any atom is 0.227 e. The molecule has 4 heteroatoms. The Kier molecular flexibility index (Phi) is 6.27. The Morgan fingerprint density at radius 2 is 1.68 bits per heavy atom. The summed E-state index contributed by atoms with van der Waals surface area (Å²) in [6.45, 7) is 5.05. The molecule has 1 amide bonds. The molecule has 1 rings (SSSR count). The molecule has 0 atom stereocenters. The van der Waals surface area contributed by atoms with Crippen LogP contribution in [0.15, 0.2) is 0 Å². The van der Waals surface area contributed by atoms with E-state index in [0.717, 1.165) is 25.7 Å². The third-order valence-corrected chi connectivity index (χ3v) is 4.93. The monoisotopic (exact) mass is 269 g/mol. The maximum absolute atomic E-state index is 12.4. The average molecular weight is 269 g/mol. The van der Waals surface area contributed by atoms with Gasteiger partial charge in [-0.1, -0.05) is 39.5 Å². The fourth-order valence-corrected chi connectivity index (χ4v) is 3.01. The number of hydrogen-bond acceptors (Lipinski definition) is 3. The van der Waals surface area contributed by atoms with Crippen LogP contribution in [0.1, 0.15) is 65.2 Å². The van der Waals surface area contributed by atoms with Crippen LogP contribution in [0.4, 0.5) is 0 Å². The van der Waals surface area contributed by atoms with Gasteiger partial charge in [0, 0.05) is 18.6 Å². The molecular formula is C15H31N3O. The van der Waals surface area contributed by atoms with Gasteiger partial charge in [-0.2, -0.15) is 0 Å². The van der Waals surface area contributed by atoms with E-state index in [9.17, 15) is 4.79 Å². The lowest BCUT2D eigenvalue weighted by Gasteiger charge is -2.33. The zero-order chi connectivity index (χ0) is 14.4. The molecule has 0 radical (unpaired) electrons. The predicted molar refractivity (Wildman–Crippen MR) is 79.7 cm³/mol. The van der Waals surface area contributed by atoms with Gasteiger partial charge in [0.05, 0.1) is 5.41 Å². The highest BCUT2D eigenvalue weighted by atomic mass is 16.2. The van der Waals surface area contributed by atoms with Gasteiger partial charge in [0.25, 0.3) is 0 Å². The highest BCUT2D eigenvalue weighted by molar-refractivity contribution is 5.82. The Bertz CT molecular complexity index is 271. The van der Waals surface area contributed by atoms with Crippen molar-refractivity contribution in [3.05, 3.63) is 0 Å². The number of rotatable bonds is 6. The van der Waals surface area contributed by atoms with Crippen molar-refractivity contribution < 1.29 is 4.79 Å². The van der Waals surface area contributed by atoms with Crippen LogP contribution in [0, 0.1) is 5.41 Å². The minimum atomic E-state index is -0.416. The molecule has 1 fully saturated rings. The lowest BCUT2D eigenvalue weighted by Crippen LogP contribution is -2.54. The zero-order valence-electron chi connectivity index (χ0n) is 12.6. The second-order valence-electron chi connectivity index (χ2n) is 6.15. The molecule has 0 bridgehead atoms. The number of carbonyl (C=O) groups excluding carboxylic acids is 1. The molecular weight excluding hydrogens is 238 g/mol. The molecule has 0 aliphatic heterocycles. The van der Waals surface area contributed by atoms with Crippen molar-refractivity contribution in [1.29, 1.82) is 0 Å². The van der Waals surface area contributed by atoms with Gasteiger partial charge >= 0.3 is 0 Å². The summed E-state index contributed by atoms with van der Waals surface area (Å²) in [4.78, 5) is 12.4. The first kappa shape index (κ1) is 16.4. The first-order chi connectivity index (χ1) is 9.02. The first-order valence-corrected chi connectivity index (χ1v) is 7.79. The van der Waals surface area contributed by atoms with E-state index in [1.165, 1.54) is 25.7 Å². The molecule has 0 saturated heterocycles. The first-order valence-electron chi connectivity index (χ1n) is 7.79. The summed E-state index contributed by atoms with van der Waals surface area (Å²) in [6, 6.07) is 0. The third kappa shape index (κ3) is 4.18. The quantitative estimate of drug-likeness (QED) is 0.644. The van der Waals surface area contributed by atoms with Crippen LogP contribution in [-0.2, 0) is 4.79 Å². The van der Waals surface area contributed by atoms with Gasteiger partial charge in [0.15, 0.2) is 0 Å². The van der Waals surface area contributed by atoms with Crippen molar-refractivity contribution in [3.8, 4) is 0 Å². The number of hydrogen-bond donors (Lipinski definition) is 3. The van der Waals surface area contributed by atoms with E-state index in [1.54, 1.807) is 0 Å². The van der Waals surface area contributed by atoms with Crippen LogP contribution in [0.2, 0.25) is 0 Å². The normalized spacial score (nSPS) is 19.8. The van der Waals surface area contributed by atoms with E-state index >= 15 is 0 Å². The molecule has 0 aromatic rings. The maximum atomic E-state index is 12.4. The zero-order valence-corrected chi connectivity index (χ0v) is 12.6. The van der Waals surface area contributed by atoms with E-state index in [0.29, 0.717) is 13.1 Å². The van der Waals surface area contributed by atoms with Crippen molar-refractivity contribution in [2.45, 2.75) is 70.8 Å². The van der Waals surface area contributed by atoms with Gasteiger partial charge < -0.3 is 16.8 Å². The second-order valence-corrected chi connectivity index (χ2v) is 6.15. The summed E-state index contributed by atoms with van der Waals surface area (Å²) >= 11 is 0. The Balaban J connectivity index is 2.56. The van der Waals surface area contributed by atoms with Gasteiger partial charge in [-0.3, -0.25) is 4.79 Å². The minimum absolute atomic E-state index is 0.0778. The Hall–Kier alpha value is -0.610. The molecule has 5 N–H and O–H groups in total. The van der Waals surface area contributed by atoms with Gasteiger partial charge in [-0.15, -0.1) is 0 Å². The molecule has 1 saturated carbocycles. The number of nitrogens with two attached hydrogens (primary N) is 2. The highest BCUT2D eigenvalue weighted by Gasteiger charge is 2.35. The van der Waals surface area contributed by atoms with E-state index in [1.807, 2.05) is 13.8 Å². The van der Waals surface area contributed by atoms with Crippen molar-refractivity contribution in [2.24, 2.45) is 16.9 Å². The molecule has 0 aromatic heterocycles. The minimum Gasteiger partial charge on any atom is -0.354 e. The summed E-state index contributed by atoms with van der Waals surface area (Å²) in [5.41, 5.74) is 11.6. The van der Waals surface area contributed by atoms with Crippen LogP contribution in [0.5, 0.6) is 0 Å². The number of amides is 1. The highest BCUT2D eigenvalue weighted by Crippen LogP contribution is 2.27. The van der Waals surface area contributed by atoms with Crippen LogP contribution in [0.3, 0.4) is 0 Å². The van der Waals surface area contributed by atoms with E-state index in [4.69, 9.17) is 11.5 Å². The van der Waals surface area contributed by atoms with E-state index in [2.05, 4.69) is 5.32 Å². The van der Waals surface area contributed by atoms with Crippen LogP contribution < -0.4 is 16.8 Å². The SMILES string of the molecule is CCC(CC)(CN)C(=O)NCC1(N)CCCCCC1. The fourth-order valence-electron chi connectivity index (χ4n) is 3.01. The van der Waals surface area contributed by atoms with E-state index < -0.39 is 5.41 Å². The topological polar surface area (TPSA) is 81.1 Å². The Morgan fingerprint density at radius 3 is 2.11 bits per heavy atom. The van der Waals surface area contributed by atoms with Gasteiger partial charge in [0.1, 0.15) is 0 Å². The van der Waals surface area contributed by atoms with Gasteiger partial charge in [0.2, 0.25) is 5.91 Å². The number of nitrogens with one attached hydrogen (secondary N) is 1. The largest absolute Gasteiger partial charge is 0.354 e. The van der Waals surface area contributed by atoms with Gasteiger partial charge in [-0.25, -0.2) is 0 Å². The van der Waals surface area contributed by atoms with Crippen LogP contribution in [-0.4, -0.2) is 24.5 Å². The lowest BCUT2D eigenvalue weighted by molar-refractivity contribution is -0.131. The molecule has 19 heavy (non-hydrogen) atoms. The number of carbonyl (C=O) groups is 1. The van der Waals surface area contributed by atoms with Crippen molar-refractivity contribution in [3.63, 3.8) is 0 Å². The van der Waals surface area contributed by atoms with Crippen molar-refractivity contribution >= 4 is 5.91 Å². The molecule has 0 heterocycles. The smallest absolute Gasteiger partial charge is 0.227 e. The standard InChI is InChI=1S/C15H31N3O/c1-3-14(4-2,11-16)13(19)18-12-15(17)9-7-5-6-8-10-15/h3-12,16-17H2,1-2H3,(H,18,19). The van der Waals surface area contributed by atoms with Gasteiger partial charge in [-0.05, 0) is 25.7 Å². The summed E-state index contributed by atoms with van der Waals surface area (Å²) < 4.78 is 0. The summed E-state index contributed by atoms with van der Waals surface area (Å²) in [6.07, 6.45) is 8.48. The molecule has 0 aromatic carbocycles. The Morgan fingerprint density at radius 1 is 1.16 bits per heavy atom. The van der Waals surface area contributed by atoms with Crippen LogP contribution >= 0.6 is 0 Å². The Labute approximate surface area is 117 Å². The second kappa shape index (κ2) is 7.25. The molecule has 112 valence electrons. The third-order valence-electron chi connectivity index (χ3n) is 4.93. The summed E-state index contributed by atoms with van der Waals surface area (Å²) in [5, 5.41) is 3.07. The lowest BCUT2D eigenvalue weighted by atomic mass is 9.81. The van der Waals surface area contributed by atoms with E-state index in [-0.39, 0.29) is 11.4 Å². The van der Waals surface area contributed by atoms with Crippen LogP contribution in [0.25, 0.3) is 0 Å². The van der Waals surface area contributed by atoms with Crippen molar-refractivity contribution in [2.75, 3.05) is 13.1 Å². The average Bonchev–Trinajstić information content (AvgIpc) is 2.64. The molecule has 0 unspecified atom stereocenters. The summed E-state index contributed by atoms with van der Waals surface area (Å²) in [5.74, 6) is 0.0778. The van der Waals surface area contributed by atoms with Crippen molar-refractivity contribution in [1.82, 2.24) is 5.32 Å². The predicted octanol–water partition coefficient (Wildman–Crippen LogP) is 1.92. The fraction of sp³-hybridized carbons (Fsp3) is 0.933. The molecule has 1 aliphatic carbocycles.